The van der Waals surface area contributed by atoms with Crippen molar-refractivity contribution in [3.8, 4) is 0 Å². The molecule has 0 saturated heterocycles. The van der Waals surface area contributed by atoms with E-state index >= 15 is 0 Å². The van der Waals surface area contributed by atoms with E-state index in [1.54, 1.807) is 11.8 Å². The number of fused-ring (bicyclic) bond motifs is 1. The topological polar surface area (TPSA) is 41.6 Å². The van der Waals surface area contributed by atoms with Crippen LogP contribution in [0, 0.1) is 0 Å². The van der Waals surface area contributed by atoms with E-state index in [0.717, 1.165) is 5.03 Å². The molecule has 2 aliphatic rings. The molecule has 2 aliphatic heterocycles. The molecule has 0 fully saturated rings. The molecular weight excluding hydrogens is 226 g/mol. The highest BCUT2D eigenvalue weighted by molar-refractivity contribution is 8.18. The van der Waals surface area contributed by atoms with Crippen LogP contribution in [0.3, 0.4) is 0 Å². The zero-order valence-electron chi connectivity index (χ0n) is 7.83. The highest BCUT2D eigenvalue weighted by Crippen LogP contribution is 2.49. The summed E-state index contributed by atoms with van der Waals surface area (Å²) in [4.78, 5) is 0. The van der Waals surface area contributed by atoms with Crippen LogP contribution in [0.1, 0.15) is 10.9 Å². The van der Waals surface area contributed by atoms with E-state index in [2.05, 4.69) is 22.6 Å². The average Bonchev–Trinajstić information content (AvgIpc) is 2.77. The first-order valence-corrected chi connectivity index (χ1v) is 6.32. The van der Waals surface area contributed by atoms with Gasteiger partial charge in [-0.3, -0.25) is 0 Å². The number of hydrogen-bond acceptors (Lipinski definition) is 5. The molecule has 0 bridgehead atoms. The molecule has 0 aromatic heterocycles. The van der Waals surface area contributed by atoms with Crippen molar-refractivity contribution in [3.05, 3.63) is 46.3 Å². The fourth-order valence-corrected chi connectivity index (χ4v) is 3.55. The first-order chi connectivity index (χ1) is 7.34. The predicted octanol–water partition coefficient (Wildman–Crippen LogP) is 2.51. The van der Waals surface area contributed by atoms with Gasteiger partial charge in [-0.15, -0.1) is 5.10 Å². The smallest absolute Gasteiger partial charge is 0.184 e. The van der Waals surface area contributed by atoms with Crippen LogP contribution in [-0.2, 0) is 0 Å². The Balaban J connectivity index is 1.92. The second-order valence-corrected chi connectivity index (χ2v) is 5.24. The molecule has 0 aliphatic carbocycles. The van der Waals surface area contributed by atoms with E-state index in [4.69, 9.17) is 5.73 Å². The summed E-state index contributed by atoms with van der Waals surface area (Å²) < 4.78 is 0. The highest BCUT2D eigenvalue weighted by atomic mass is 32.2. The lowest BCUT2D eigenvalue weighted by Crippen LogP contribution is -2.12. The number of nitrogens with zero attached hydrogens (tertiary/aromatic N) is 2. The molecule has 1 aromatic carbocycles. The summed E-state index contributed by atoms with van der Waals surface area (Å²) in [6.07, 6.45) is 0. The summed E-state index contributed by atoms with van der Waals surface area (Å²) in [6, 6.07) is 10.3. The lowest BCUT2D eigenvalue weighted by molar-refractivity contribution is 0.387. The first-order valence-electron chi connectivity index (χ1n) is 4.56. The fourth-order valence-electron chi connectivity index (χ4n) is 1.59. The van der Waals surface area contributed by atoms with Crippen LogP contribution in [0.25, 0.3) is 0 Å². The van der Waals surface area contributed by atoms with E-state index in [1.807, 2.05) is 23.2 Å². The third-order valence-electron chi connectivity index (χ3n) is 2.25. The Labute approximate surface area is 96.4 Å². The molecule has 1 aromatic rings. The van der Waals surface area contributed by atoms with Crippen molar-refractivity contribution in [2.45, 2.75) is 5.37 Å². The Bertz CT molecular complexity index is 441. The zero-order valence-corrected chi connectivity index (χ0v) is 9.46. The number of hydrogen-bond donors (Lipinski definition) is 1. The van der Waals surface area contributed by atoms with Gasteiger partial charge in [0.05, 0.1) is 0 Å². The number of thioether (sulfide) groups is 2. The van der Waals surface area contributed by atoms with Crippen molar-refractivity contribution >= 4 is 28.7 Å². The van der Waals surface area contributed by atoms with Crippen LogP contribution in [0.15, 0.2) is 45.9 Å². The molecule has 2 heterocycles. The summed E-state index contributed by atoms with van der Waals surface area (Å²) in [6.45, 7) is 0. The third-order valence-corrected chi connectivity index (χ3v) is 4.29. The minimum Gasteiger partial charge on any atom is -0.377 e. The number of benzene rings is 1. The maximum absolute atomic E-state index is 5.69. The molecule has 0 amide bonds. The lowest BCUT2D eigenvalue weighted by Gasteiger charge is -2.18. The van der Waals surface area contributed by atoms with E-state index < -0.39 is 0 Å². The Kier molecular flexibility index (Phi) is 2.14. The molecule has 15 heavy (non-hydrogen) atoms. The Hall–Kier alpha value is -1.07. The summed E-state index contributed by atoms with van der Waals surface area (Å²) >= 11 is 3.30. The lowest BCUT2D eigenvalue weighted by atomic mass is 10.2. The van der Waals surface area contributed by atoms with Crippen molar-refractivity contribution in [1.82, 2.24) is 5.01 Å². The SMILES string of the molecule is NC1=NN2C(=CS[C@H]2c2ccccc2)S1. The van der Waals surface area contributed by atoms with Gasteiger partial charge in [-0.2, -0.15) is 0 Å². The van der Waals surface area contributed by atoms with Gasteiger partial charge in [-0.1, -0.05) is 42.1 Å². The number of amidine groups is 1. The largest absolute Gasteiger partial charge is 0.377 e. The van der Waals surface area contributed by atoms with E-state index in [9.17, 15) is 0 Å². The minimum atomic E-state index is 0.245. The highest BCUT2D eigenvalue weighted by Gasteiger charge is 2.33. The molecule has 76 valence electrons. The Morgan fingerprint density at radius 3 is 2.87 bits per heavy atom. The van der Waals surface area contributed by atoms with Crippen molar-refractivity contribution < 1.29 is 0 Å². The van der Waals surface area contributed by atoms with Crippen LogP contribution >= 0.6 is 23.5 Å². The van der Waals surface area contributed by atoms with Gasteiger partial charge in [-0.05, 0) is 17.3 Å². The maximum Gasteiger partial charge on any atom is 0.184 e. The quantitative estimate of drug-likeness (QED) is 0.812. The van der Waals surface area contributed by atoms with Crippen molar-refractivity contribution in [2.24, 2.45) is 10.8 Å². The molecule has 3 nitrogen and oxygen atoms in total. The van der Waals surface area contributed by atoms with Crippen LogP contribution in [-0.4, -0.2) is 10.2 Å². The molecule has 0 radical (unpaired) electrons. The normalized spacial score (nSPS) is 23.7. The molecule has 0 unspecified atom stereocenters. The summed E-state index contributed by atoms with van der Waals surface area (Å²) in [5.41, 5.74) is 6.94. The monoisotopic (exact) mass is 235 g/mol. The molecular formula is C10H9N3S2. The summed E-state index contributed by atoms with van der Waals surface area (Å²) in [7, 11) is 0. The molecule has 0 spiro atoms. The van der Waals surface area contributed by atoms with Gasteiger partial charge < -0.3 is 5.73 Å². The van der Waals surface area contributed by atoms with Gasteiger partial charge in [0.15, 0.2) is 5.17 Å². The average molecular weight is 235 g/mol. The van der Waals surface area contributed by atoms with E-state index in [-0.39, 0.29) is 5.37 Å². The zero-order chi connectivity index (χ0) is 10.3. The van der Waals surface area contributed by atoms with E-state index in [0.29, 0.717) is 5.17 Å². The van der Waals surface area contributed by atoms with Gasteiger partial charge >= 0.3 is 0 Å². The molecule has 2 N–H and O–H groups in total. The minimum absolute atomic E-state index is 0.245. The van der Waals surface area contributed by atoms with Crippen molar-refractivity contribution in [1.29, 1.82) is 0 Å². The first kappa shape index (κ1) is 9.18. The van der Waals surface area contributed by atoms with Gasteiger partial charge in [-0.25, -0.2) is 5.01 Å². The van der Waals surface area contributed by atoms with Gasteiger partial charge in [0.2, 0.25) is 0 Å². The van der Waals surface area contributed by atoms with E-state index in [1.165, 1.54) is 17.3 Å². The number of hydrazone groups is 1. The Morgan fingerprint density at radius 1 is 1.27 bits per heavy atom. The van der Waals surface area contributed by atoms with Gasteiger partial charge in [0.1, 0.15) is 10.4 Å². The molecule has 5 heteroatoms. The second-order valence-electron chi connectivity index (χ2n) is 3.24. The summed E-state index contributed by atoms with van der Waals surface area (Å²) in [5, 5.41) is 10.4. The fraction of sp³-hybridized carbons (Fsp3) is 0.100. The van der Waals surface area contributed by atoms with Crippen molar-refractivity contribution in [3.63, 3.8) is 0 Å². The predicted molar refractivity (Wildman–Crippen MR) is 65.9 cm³/mol. The molecule has 3 rings (SSSR count). The van der Waals surface area contributed by atoms with Crippen LogP contribution < -0.4 is 5.73 Å². The Morgan fingerprint density at radius 2 is 2.07 bits per heavy atom. The van der Waals surface area contributed by atoms with Crippen molar-refractivity contribution in [2.75, 3.05) is 0 Å². The van der Waals surface area contributed by atoms with Crippen LogP contribution in [0.4, 0.5) is 0 Å². The van der Waals surface area contributed by atoms with Gasteiger partial charge in [0, 0.05) is 5.41 Å². The van der Waals surface area contributed by atoms with Crippen LogP contribution in [0.2, 0.25) is 0 Å². The van der Waals surface area contributed by atoms with Gasteiger partial charge in [0.25, 0.3) is 0 Å². The van der Waals surface area contributed by atoms with Crippen LogP contribution in [0.5, 0.6) is 0 Å². The standard InChI is InChI=1S/C10H9N3S2/c11-10-12-13-8(15-10)6-14-9(13)7-4-2-1-3-5-7/h1-6,9H,(H2,11,12)/t9-/m0/s1. The summed E-state index contributed by atoms with van der Waals surface area (Å²) in [5.74, 6) is 0. The number of rotatable bonds is 1. The number of nitrogens with two attached hydrogens (primary N) is 1. The molecule has 1 atom stereocenters. The maximum atomic E-state index is 5.69. The third kappa shape index (κ3) is 1.52. The molecule has 0 saturated carbocycles. The second kappa shape index (κ2) is 3.50.